The lowest BCUT2D eigenvalue weighted by Gasteiger charge is -2.07. The molecule has 2 unspecified atom stereocenters. The Labute approximate surface area is 64.2 Å². The molecule has 1 aliphatic heterocycles. The molecule has 2 atom stereocenters. The van der Waals surface area contributed by atoms with Crippen LogP contribution < -0.4 is 0 Å². The zero-order valence-electron chi connectivity index (χ0n) is 6.43. The molecule has 0 aromatic heterocycles. The van der Waals surface area contributed by atoms with Gasteiger partial charge in [0.1, 0.15) is 0 Å². The van der Waals surface area contributed by atoms with Crippen LogP contribution in [0.25, 0.3) is 0 Å². The highest BCUT2D eigenvalue weighted by molar-refractivity contribution is 7.32. The third-order valence-corrected chi connectivity index (χ3v) is 2.70. The first-order valence-electron chi connectivity index (χ1n) is 3.89. The van der Waals surface area contributed by atoms with E-state index in [9.17, 15) is 0 Å². The Morgan fingerprint density at radius 1 is 1.70 bits per heavy atom. The molecule has 0 bridgehead atoms. The van der Waals surface area contributed by atoms with Gasteiger partial charge in [-0.1, -0.05) is 0 Å². The standard InChI is InChI=1S/C7H15O2P/c1-2-9-10-6-7-4-3-5-8-7/h7,10H,2-6H2,1H3. The number of hydrogen-bond acceptors (Lipinski definition) is 2. The molecule has 60 valence electrons. The summed E-state index contributed by atoms with van der Waals surface area (Å²) in [5.41, 5.74) is 0. The number of hydrogen-bond donors (Lipinski definition) is 0. The molecule has 0 aromatic carbocycles. The van der Waals surface area contributed by atoms with E-state index in [1.807, 2.05) is 6.92 Å². The molecule has 0 saturated carbocycles. The Hall–Kier alpha value is 0.350. The van der Waals surface area contributed by atoms with Gasteiger partial charge in [0.15, 0.2) is 0 Å². The van der Waals surface area contributed by atoms with Crippen LogP contribution in [-0.4, -0.2) is 25.5 Å². The molecule has 0 spiro atoms. The highest BCUT2D eigenvalue weighted by atomic mass is 31.1. The minimum atomic E-state index is 0.505. The van der Waals surface area contributed by atoms with Gasteiger partial charge in [-0.2, -0.15) is 0 Å². The van der Waals surface area contributed by atoms with Crippen LogP contribution in [0.3, 0.4) is 0 Å². The topological polar surface area (TPSA) is 18.5 Å². The SMILES string of the molecule is CCOPCC1CCCO1. The van der Waals surface area contributed by atoms with Crippen molar-refractivity contribution >= 4 is 8.81 Å². The van der Waals surface area contributed by atoms with Crippen molar-refractivity contribution in [3.8, 4) is 0 Å². The van der Waals surface area contributed by atoms with Gasteiger partial charge in [0, 0.05) is 28.2 Å². The van der Waals surface area contributed by atoms with Crippen molar-refractivity contribution < 1.29 is 9.26 Å². The van der Waals surface area contributed by atoms with E-state index in [4.69, 9.17) is 9.26 Å². The molecule has 1 rings (SSSR count). The summed E-state index contributed by atoms with van der Waals surface area (Å²) >= 11 is 0. The number of rotatable bonds is 4. The fraction of sp³-hybridized carbons (Fsp3) is 1.00. The van der Waals surface area contributed by atoms with E-state index in [1.165, 1.54) is 12.8 Å². The molecule has 3 heteroatoms. The van der Waals surface area contributed by atoms with E-state index in [2.05, 4.69) is 0 Å². The van der Waals surface area contributed by atoms with Crippen molar-refractivity contribution in [3.63, 3.8) is 0 Å². The lowest BCUT2D eigenvalue weighted by atomic mass is 10.3. The Balaban J connectivity index is 1.91. The Morgan fingerprint density at radius 2 is 2.60 bits per heavy atom. The van der Waals surface area contributed by atoms with Crippen LogP contribution in [0.2, 0.25) is 0 Å². The summed E-state index contributed by atoms with van der Waals surface area (Å²) in [6.07, 6.45) is 4.08. The Kier molecular flexibility index (Phi) is 4.27. The summed E-state index contributed by atoms with van der Waals surface area (Å²) in [7, 11) is 0.641. The van der Waals surface area contributed by atoms with Crippen molar-refractivity contribution in [1.82, 2.24) is 0 Å². The quantitative estimate of drug-likeness (QED) is 0.463. The number of ether oxygens (including phenoxy) is 1. The maximum atomic E-state index is 5.43. The minimum absolute atomic E-state index is 0.505. The molecule has 1 aliphatic rings. The van der Waals surface area contributed by atoms with E-state index in [0.717, 1.165) is 19.4 Å². The average Bonchev–Trinajstić information content (AvgIpc) is 2.41. The average molecular weight is 162 g/mol. The first-order valence-corrected chi connectivity index (χ1v) is 5.01. The lowest BCUT2D eigenvalue weighted by Crippen LogP contribution is -2.06. The second-order valence-corrected chi connectivity index (χ2v) is 3.40. The summed E-state index contributed by atoms with van der Waals surface area (Å²) < 4.78 is 10.7. The third kappa shape index (κ3) is 2.96. The summed E-state index contributed by atoms with van der Waals surface area (Å²) in [5, 5.41) is 0. The molecule has 1 fully saturated rings. The van der Waals surface area contributed by atoms with Crippen LogP contribution in [0.1, 0.15) is 19.8 Å². The molecule has 1 heterocycles. The maximum absolute atomic E-state index is 5.43. The first kappa shape index (κ1) is 8.45. The van der Waals surface area contributed by atoms with E-state index >= 15 is 0 Å². The zero-order chi connectivity index (χ0) is 7.23. The monoisotopic (exact) mass is 162 g/mol. The highest BCUT2D eigenvalue weighted by Crippen LogP contribution is 2.21. The molecule has 0 N–H and O–H groups in total. The minimum Gasteiger partial charge on any atom is -0.378 e. The van der Waals surface area contributed by atoms with Crippen molar-refractivity contribution in [2.75, 3.05) is 19.4 Å². The van der Waals surface area contributed by atoms with E-state index in [1.54, 1.807) is 0 Å². The largest absolute Gasteiger partial charge is 0.378 e. The highest BCUT2D eigenvalue weighted by Gasteiger charge is 2.14. The van der Waals surface area contributed by atoms with Gasteiger partial charge in [-0.3, -0.25) is 0 Å². The predicted molar refractivity (Wildman–Crippen MR) is 43.8 cm³/mol. The second-order valence-electron chi connectivity index (χ2n) is 2.42. The molecule has 10 heavy (non-hydrogen) atoms. The molecular formula is C7H15O2P. The van der Waals surface area contributed by atoms with Gasteiger partial charge in [0.25, 0.3) is 0 Å². The van der Waals surface area contributed by atoms with Crippen LogP contribution in [0, 0.1) is 0 Å². The molecule has 0 amide bonds. The van der Waals surface area contributed by atoms with E-state index in [0.29, 0.717) is 14.9 Å². The van der Waals surface area contributed by atoms with Crippen LogP contribution >= 0.6 is 8.81 Å². The Morgan fingerprint density at radius 3 is 3.20 bits per heavy atom. The van der Waals surface area contributed by atoms with Crippen molar-refractivity contribution in [3.05, 3.63) is 0 Å². The zero-order valence-corrected chi connectivity index (χ0v) is 7.43. The molecule has 2 nitrogen and oxygen atoms in total. The van der Waals surface area contributed by atoms with Gasteiger partial charge in [-0.05, 0) is 19.8 Å². The van der Waals surface area contributed by atoms with Crippen LogP contribution in [-0.2, 0) is 9.26 Å². The normalized spacial score (nSPS) is 26.7. The Bertz CT molecular complexity index is 81.7. The molecule has 0 radical (unpaired) electrons. The van der Waals surface area contributed by atoms with Crippen LogP contribution in [0.15, 0.2) is 0 Å². The molecular weight excluding hydrogens is 147 g/mol. The van der Waals surface area contributed by atoms with Gasteiger partial charge in [0.2, 0.25) is 0 Å². The van der Waals surface area contributed by atoms with Gasteiger partial charge >= 0.3 is 0 Å². The summed E-state index contributed by atoms with van der Waals surface area (Å²) in [6, 6.07) is 0. The summed E-state index contributed by atoms with van der Waals surface area (Å²) in [4.78, 5) is 0. The predicted octanol–water partition coefficient (Wildman–Crippen LogP) is 1.80. The first-order chi connectivity index (χ1) is 4.93. The molecule has 0 aromatic rings. The summed E-state index contributed by atoms with van der Waals surface area (Å²) in [5.74, 6) is 0. The van der Waals surface area contributed by atoms with Crippen molar-refractivity contribution in [1.29, 1.82) is 0 Å². The third-order valence-electron chi connectivity index (χ3n) is 1.58. The fourth-order valence-corrected chi connectivity index (χ4v) is 1.89. The van der Waals surface area contributed by atoms with Crippen LogP contribution in [0.5, 0.6) is 0 Å². The van der Waals surface area contributed by atoms with Gasteiger partial charge < -0.3 is 9.26 Å². The van der Waals surface area contributed by atoms with Gasteiger partial charge in [0.05, 0.1) is 6.10 Å². The molecule has 0 aliphatic carbocycles. The van der Waals surface area contributed by atoms with E-state index < -0.39 is 0 Å². The van der Waals surface area contributed by atoms with Crippen molar-refractivity contribution in [2.45, 2.75) is 25.9 Å². The van der Waals surface area contributed by atoms with Gasteiger partial charge in [-0.15, -0.1) is 0 Å². The van der Waals surface area contributed by atoms with Gasteiger partial charge in [-0.25, -0.2) is 0 Å². The lowest BCUT2D eigenvalue weighted by molar-refractivity contribution is 0.127. The summed E-state index contributed by atoms with van der Waals surface area (Å²) in [6.45, 7) is 3.83. The fourth-order valence-electron chi connectivity index (χ4n) is 1.06. The van der Waals surface area contributed by atoms with E-state index in [-0.39, 0.29) is 0 Å². The second kappa shape index (κ2) is 5.06. The van der Waals surface area contributed by atoms with Crippen molar-refractivity contribution in [2.24, 2.45) is 0 Å². The smallest absolute Gasteiger partial charge is 0.0634 e. The maximum Gasteiger partial charge on any atom is 0.0634 e. The molecule has 1 saturated heterocycles. The van der Waals surface area contributed by atoms with Crippen LogP contribution in [0.4, 0.5) is 0 Å².